The first-order valence-corrected chi connectivity index (χ1v) is 17.5. The first-order chi connectivity index (χ1) is 22.8. The second-order valence-electron chi connectivity index (χ2n) is 10.9. The number of carbonyl (C=O) groups is 2. The van der Waals surface area contributed by atoms with Gasteiger partial charge in [-0.15, -0.1) is 0 Å². The summed E-state index contributed by atoms with van der Waals surface area (Å²) in [5.41, 5.74) is 1.66. The van der Waals surface area contributed by atoms with Crippen LogP contribution in [0.1, 0.15) is 31.8 Å². The molecule has 4 aromatic carbocycles. The summed E-state index contributed by atoms with van der Waals surface area (Å²) in [6.07, 6.45) is -9.34. The first-order valence-electron chi connectivity index (χ1n) is 14.7. The fourth-order valence-corrected chi connectivity index (χ4v) is 6.80. The molecule has 1 aliphatic heterocycles. The van der Waals surface area contributed by atoms with Gasteiger partial charge in [-0.05, 0) is 62.4 Å². The highest BCUT2D eigenvalue weighted by Gasteiger charge is 2.53. The number of aryl methyl sites for hydroxylation is 2. The van der Waals surface area contributed by atoms with Crippen LogP contribution in [0, 0.1) is 13.8 Å². The zero-order valence-corrected chi connectivity index (χ0v) is 27.4. The lowest BCUT2D eigenvalue weighted by molar-refractivity contribution is -0.278. The largest absolute Gasteiger partial charge is 0.452 e. The molecule has 5 atom stereocenters. The average molecular weight is 697 g/mol. The van der Waals surface area contributed by atoms with Gasteiger partial charge in [0.25, 0.3) is 20.2 Å². The molecular formula is C34H32O12S2. The predicted molar refractivity (Wildman–Crippen MR) is 170 cm³/mol. The van der Waals surface area contributed by atoms with Gasteiger partial charge in [0.05, 0.1) is 27.5 Å². The van der Waals surface area contributed by atoms with Crippen LogP contribution < -0.4 is 0 Å². The van der Waals surface area contributed by atoms with E-state index in [0.717, 1.165) is 11.1 Å². The summed E-state index contributed by atoms with van der Waals surface area (Å²) in [5.74, 6) is -1.94. The van der Waals surface area contributed by atoms with Crippen molar-refractivity contribution in [3.63, 3.8) is 0 Å². The number of hydrogen-bond acceptors (Lipinski definition) is 12. The molecule has 0 aliphatic carbocycles. The third-order valence-corrected chi connectivity index (χ3v) is 9.98. The molecule has 0 radical (unpaired) electrons. The fourth-order valence-electron chi connectivity index (χ4n) is 4.77. The lowest BCUT2D eigenvalue weighted by Crippen LogP contribution is -2.62. The molecule has 14 heteroatoms. The van der Waals surface area contributed by atoms with E-state index < -0.39 is 69.5 Å². The molecule has 1 heterocycles. The summed E-state index contributed by atoms with van der Waals surface area (Å²) in [4.78, 5) is 26.0. The number of aliphatic hydroxyl groups excluding tert-OH is 1. The zero-order chi connectivity index (χ0) is 34.5. The second-order valence-corrected chi connectivity index (χ2v) is 14.1. The van der Waals surface area contributed by atoms with E-state index in [2.05, 4.69) is 0 Å². The minimum atomic E-state index is -4.67. The summed E-state index contributed by atoms with van der Waals surface area (Å²) in [5, 5.41) is 11.1. The Labute approximate surface area is 278 Å². The summed E-state index contributed by atoms with van der Waals surface area (Å²) < 4.78 is 81.1. The van der Waals surface area contributed by atoms with Crippen LogP contribution in [-0.4, -0.2) is 71.2 Å². The molecule has 1 fully saturated rings. The maximum Gasteiger partial charge on any atom is 0.338 e. The van der Waals surface area contributed by atoms with Gasteiger partial charge in [0.2, 0.25) is 0 Å². The van der Waals surface area contributed by atoms with Crippen LogP contribution >= 0.6 is 0 Å². The number of esters is 2. The lowest BCUT2D eigenvalue weighted by atomic mass is 9.98. The number of carbonyl (C=O) groups excluding carboxylic acids is 2. The van der Waals surface area contributed by atoms with Crippen molar-refractivity contribution in [3.05, 3.63) is 131 Å². The normalized spacial score (nSPS) is 21.3. The average Bonchev–Trinajstić information content (AvgIpc) is 3.07. The lowest BCUT2D eigenvalue weighted by Gasteiger charge is -2.42. The van der Waals surface area contributed by atoms with Crippen molar-refractivity contribution in [1.82, 2.24) is 0 Å². The Balaban J connectivity index is 1.54. The van der Waals surface area contributed by atoms with E-state index in [4.69, 9.17) is 22.6 Å². The van der Waals surface area contributed by atoms with Crippen molar-refractivity contribution in [2.75, 3.05) is 6.61 Å². The Morgan fingerprint density at radius 1 is 0.625 bits per heavy atom. The van der Waals surface area contributed by atoms with E-state index in [1.54, 1.807) is 62.4 Å². The molecule has 252 valence electrons. The quantitative estimate of drug-likeness (QED) is 0.177. The molecule has 0 bridgehead atoms. The fraction of sp³-hybridized carbons (Fsp3) is 0.235. The topological polar surface area (TPSA) is 169 Å². The number of aliphatic hydroxyl groups is 1. The third kappa shape index (κ3) is 8.34. The maximum atomic E-state index is 13.6. The summed E-state index contributed by atoms with van der Waals surface area (Å²) in [6.45, 7) is 2.63. The Bertz CT molecular complexity index is 1930. The van der Waals surface area contributed by atoms with Gasteiger partial charge in [0.1, 0.15) is 12.2 Å². The van der Waals surface area contributed by atoms with Gasteiger partial charge in [-0.1, -0.05) is 71.8 Å². The highest BCUT2D eigenvalue weighted by atomic mass is 32.2. The van der Waals surface area contributed by atoms with Gasteiger partial charge in [-0.3, -0.25) is 8.37 Å². The number of benzene rings is 4. The van der Waals surface area contributed by atoms with E-state index in [-0.39, 0.29) is 20.9 Å². The molecule has 5 rings (SSSR count). The van der Waals surface area contributed by atoms with E-state index in [9.17, 15) is 31.5 Å². The summed E-state index contributed by atoms with van der Waals surface area (Å²) in [6, 6.07) is 26.7. The molecule has 12 nitrogen and oxygen atoms in total. The molecule has 1 saturated heterocycles. The van der Waals surface area contributed by atoms with Crippen LogP contribution in [0.3, 0.4) is 0 Å². The van der Waals surface area contributed by atoms with Gasteiger partial charge in [0, 0.05) is 0 Å². The van der Waals surface area contributed by atoms with Crippen LogP contribution in [0.15, 0.2) is 119 Å². The minimum Gasteiger partial charge on any atom is -0.452 e. The van der Waals surface area contributed by atoms with Gasteiger partial charge in [-0.25, -0.2) is 9.59 Å². The van der Waals surface area contributed by atoms with Gasteiger partial charge >= 0.3 is 11.9 Å². The maximum absolute atomic E-state index is 13.6. The van der Waals surface area contributed by atoms with Crippen LogP contribution in [0.2, 0.25) is 0 Å². The van der Waals surface area contributed by atoms with Crippen LogP contribution in [0.4, 0.5) is 0 Å². The minimum absolute atomic E-state index is 0.0431. The zero-order valence-electron chi connectivity index (χ0n) is 25.7. The highest BCUT2D eigenvalue weighted by molar-refractivity contribution is 7.87. The van der Waals surface area contributed by atoms with Crippen molar-refractivity contribution < 1.29 is 54.1 Å². The third-order valence-electron chi connectivity index (χ3n) is 7.36. The van der Waals surface area contributed by atoms with E-state index in [1.165, 1.54) is 60.7 Å². The first kappa shape index (κ1) is 34.9. The number of rotatable bonds is 11. The molecule has 1 aliphatic rings. The van der Waals surface area contributed by atoms with Crippen molar-refractivity contribution in [2.24, 2.45) is 0 Å². The van der Waals surface area contributed by atoms with Gasteiger partial charge in [-0.2, -0.15) is 16.8 Å². The molecule has 48 heavy (non-hydrogen) atoms. The molecule has 0 saturated carbocycles. The Morgan fingerprint density at radius 3 is 1.54 bits per heavy atom. The van der Waals surface area contributed by atoms with Crippen LogP contribution in [0.25, 0.3) is 0 Å². The molecule has 5 unspecified atom stereocenters. The van der Waals surface area contributed by atoms with Crippen molar-refractivity contribution in [3.8, 4) is 0 Å². The number of ether oxygens (including phenoxy) is 3. The monoisotopic (exact) mass is 696 g/mol. The smallest absolute Gasteiger partial charge is 0.338 e. The second kappa shape index (κ2) is 14.8. The van der Waals surface area contributed by atoms with E-state index >= 15 is 0 Å². The van der Waals surface area contributed by atoms with Crippen LogP contribution in [0.5, 0.6) is 0 Å². The molecule has 0 aromatic heterocycles. The molecular weight excluding hydrogens is 664 g/mol. The van der Waals surface area contributed by atoms with Crippen LogP contribution in [-0.2, 0) is 42.8 Å². The van der Waals surface area contributed by atoms with Crippen molar-refractivity contribution >= 4 is 32.2 Å². The Morgan fingerprint density at radius 2 is 1.06 bits per heavy atom. The van der Waals surface area contributed by atoms with Crippen molar-refractivity contribution in [1.29, 1.82) is 0 Å². The molecule has 4 aromatic rings. The summed E-state index contributed by atoms with van der Waals surface area (Å²) in [7, 11) is -9.10. The number of hydrogen-bond donors (Lipinski definition) is 1. The molecule has 0 amide bonds. The predicted octanol–water partition coefficient (Wildman–Crippen LogP) is 3.95. The Kier molecular flexibility index (Phi) is 10.7. The molecule has 0 spiro atoms. The SMILES string of the molecule is Cc1ccc(S(=O)(=O)OCC2OC(O)C(OC(=O)c3ccccc3)C(OC(=O)c3ccccc3)C2OS(=O)(=O)c2ccc(C)cc2)cc1. The van der Waals surface area contributed by atoms with E-state index in [0.29, 0.717) is 0 Å². The Hall–Kier alpha value is -4.44. The van der Waals surface area contributed by atoms with Gasteiger partial charge in [0.15, 0.2) is 18.5 Å². The van der Waals surface area contributed by atoms with Crippen molar-refractivity contribution in [2.45, 2.75) is 54.3 Å². The van der Waals surface area contributed by atoms with Gasteiger partial charge < -0.3 is 19.3 Å². The standard InChI is InChI=1S/C34H32O12S2/c1-22-13-17-26(18-14-22)47(38,39)42-21-28-29(46-48(40,41)27-19-15-23(2)16-20-27)30(44-32(35)24-9-5-3-6-10-24)31(34(37)43-28)45-33(36)25-11-7-4-8-12-25/h3-20,28-31,34,37H,21H2,1-2H3. The molecule has 1 N–H and O–H groups in total. The highest BCUT2D eigenvalue weighted by Crippen LogP contribution is 2.32. The van der Waals surface area contributed by atoms with E-state index in [1.807, 2.05) is 0 Å². The summed E-state index contributed by atoms with van der Waals surface area (Å²) >= 11 is 0.